The Kier molecular flexibility index (Phi) is 5.55. The molecule has 144 valence electrons. The summed E-state index contributed by atoms with van der Waals surface area (Å²) in [6.07, 6.45) is -4.50. The van der Waals surface area contributed by atoms with E-state index in [1.165, 1.54) is 36.4 Å². The van der Waals surface area contributed by atoms with Gasteiger partial charge in [-0.25, -0.2) is 4.98 Å². The number of halogens is 4. The van der Waals surface area contributed by atoms with Crippen LogP contribution < -0.4 is 10.1 Å². The number of aromatic hydroxyl groups is 1. The zero-order valence-corrected chi connectivity index (χ0v) is 15.6. The van der Waals surface area contributed by atoms with Crippen LogP contribution in [0.4, 0.5) is 18.9 Å². The number of nitrogens with one attached hydrogen (secondary N) is 1. The Labute approximate surface area is 165 Å². The molecular weight excluding hydrogens is 441 g/mol. The first-order valence-corrected chi connectivity index (χ1v) is 8.64. The van der Waals surface area contributed by atoms with Crippen molar-refractivity contribution < 1.29 is 27.8 Å². The third-order valence-electron chi connectivity index (χ3n) is 3.58. The lowest BCUT2D eigenvalue weighted by molar-refractivity contribution is -0.137. The Morgan fingerprint density at radius 3 is 2.57 bits per heavy atom. The van der Waals surface area contributed by atoms with Crippen LogP contribution in [0.1, 0.15) is 16.1 Å². The second-order valence-corrected chi connectivity index (χ2v) is 6.39. The fraction of sp³-hybridized carbons (Fsp3) is 0.0526. The van der Waals surface area contributed by atoms with Crippen molar-refractivity contribution in [3.8, 4) is 17.2 Å². The number of pyridine rings is 1. The number of hydrogen-bond donors (Lipinski definition) is 2. The largest absolute Gasteiger partial charge is 0.505 e. The number of nitrogens with zero attached hydrogens (tertiary/aromatic N) is 1. The van der Waals surface area contributed by atoms with Gasteiger partial charge >= 0.3 is 6.18 Å². The van der Waals surface area contributed by atoms with Crippen molar-refractivity contribution in [1.82, 2.24) is 4.98 Å². The first kappa shape index (κ1) is 19.7. The summed E-state index contributed by atoms with van der Waals surface area (Å²) in [6, 6.07) is 13.4. The molecule has 0 spiro atoms. The van der Waals surface area contributed by atoms with E-state index in [0.717, 1.165) is 12.1 Å². The van der Waals surface area contributed by atoms with Gasteiger partial charge in [-0.2, -0.15) is 13.2 Å². The molecule has 0 unspecified atom stereocenters. The minimum atomic E-state index is -4.50. The van der Waals surface area contributed by atoms with Crippen LogP contribution in [-0.2, 0) is 6.18 Å². The molecule has 5 nitrogen and oxygen atoms in total. The summed E-state index contributed by atoms with van der Waals surface area (Å²) in [4.78, 5) is 16.3. The van der Waals surface area contributed by atoms with Gasteiger partial charge in [-0.05, 0) is 58.4 Å². The number of hydrogen-bond acceptors (Lipinski definition) is 4. The lowest BCUT2D eigenvalue weighted by Crippen LogP contribution is -2.14. The number of anilines is 1. The van der Waals surface area contributed by atoms with Crippen LogP contribution in [0, 0.1) is 0 Å². The molecule has 0 aliphatic rings. The average molecular weight is 453 g/mol. The number of rotatable bonds is 4. The fourth-order valence-corrected chi connectivity index (χ4v) is 2.61. The highest BCUT2D eigenvalue weighted by molar-refractivity contribution is 9.10. The molecular formula is C19H12BrF3N2O3. The summed E-state index contributed by atoms with van der Waals surface area (Å²) in [5, 5.41) is 12.3. The van der Waals surface area contributed by atoms with Crippen molar-refractivity contribution >= 4 is 27.5 Å². The van der Waals surface area contributed by atoms with Gasteiger partial charge in [0, 0.05) is 0 Å². The maximum atomic E-state index is 12.9. The number of carbonyl (C=O) groups excluding carboxylic acids is 1. The number of alkyl halides is 3. The van der Waals surface area contributed by atoms with E-state index >= 15 is 0 Å². The van der Waals surface area contributed by atoms with Crippen molar-refractivity contribution in [2.75, 3.05) is 5.32 Å². The van der Waals surface area contributed by atoms with Crippen LogP contribution in [0.3, 0.4) is 0 Å². The van der Waals surface area contributed by atoms with Crippen molar-refractivity contribution in [1.29, 1.82) is 0 Å². The Morgan fingerprint density at radius 2 is 1.82 bits per heavy atom. The second kappa shape index (κ2) is 7.89. The maximum Gasteiger partial charge on any atom is 0.416 e. The van der Waals surface area contributed by atoms with E-state index in [2.05, 4.69) is 26.2 Å². The third-order valence-corrected chi connectivity index (χ3v) is 4.02. The van der Waals surface area contributed by atoms with Gasteiger partial charge in [-0.1, -0.05) is 18.2 Å². The SMILES string of the molecule is O=C(Nc1ccccc1Oc1cccc(C(F)(F)F)c1)c1nc(Br)ccc1O. The van der Waals surface area contributed by atoms with Gasteiger partial charge in [0.15, 0.2) is 11.4 Å². The minimum absolute atomic E-state index is 0.0417. The van der Waals surface area contributed by atoms with E-state index in [4.69, 9.17) is 4.74 Å². The summed E-state index contributed by atoms with van der Waals surface area (Å²) in [7, 11) is 0. The number of aromatic nitrogens is 1. The standard InChI is InChI=1S/C19H12BrF3N2O3/c20-16-9-8-14(26)17(25-16)18(27)24-13-6-1-2-7-15(13)28-12-5-3-4-11(10-12)19(21,22)23/h1-10,26H,(H,24,27). The molecule has 0 saturated heterocycles. The topological polar surface area (TPSA) is 71.5 Å². The molecule has 0 atom stereocenters. The van der Waals surface area contributed by atoms with Crippen LogP contribution in [0.15, 0.2) is 65.3 Å². The Hall–Kier alpha value is -3.07. The van der Waals surface area contributed by atoms with E-state index in [1.54, 1.807) is 12.1 Å². The van der Waals surface area contributed by atoms with Crippen molar-refractivity contribution in [2.45, 2.75) is 6.18 Å². The first-order valence-electron chi connectivity index (χ1n) is 7.85. The third kappa shape index (κ3) is 4.61. The number of benzene rings is 2. The first-order chi connectivity index (χ1) is 13.2. The van der Waals surface area contributed by atoms with E-state index in [-0.39, 0.29) is 28.6 Å². The molecule has 9 heteroatoms. The van der Waals surface area contributed by atoms with Gasteiger partial charge < -0.3 is 15.2 Å². The van der Waals surface area contributed by atoms with E-state index in [0.29, 0.717) is 4.60 Å². The fourth-order valence-electron chi connectivity index (χ4n) is 2.30. The molecule has 0 aliphatic carbocycles. The minimum Gasteiger partial charge on any atom is -0.505 e. The lowest BCUT2D eigenvalue weighted by atomic mass is 10.2. The molecule has 2 N–H and O–H groups in total. The highest BCUT2D eigenvalue weighted by Gasteiger charge is 2.30. The predicted molar refractivity (Wildman–Crippen MR) is 99.5 cm³/mol. The van der Waals surface area contributed by atoms with Crippen LogP contribution in [-0.4, -0.2) is 16.0 Å². The summed E-state index contributed by atoms with van der Waals surface area (Å²) < 4.78 is 44.5. The van der Waals surface area contributed by atoms with E-state index < -0.39 is 17.6 Å². The highest BCUT2D eigenvalue weighted by Crippen LogP contribution is 2.34. The van der Waals surface area contributed by atoms with Gasteiger partial charge in [-0.15, -0.1) is 0 Å². The molecule has 28 heavy (non-hydrogen) atoms. The van der Waals surface area contributed by atoms with Crippen molar-refractivity contribution in [3.05, 3.63) is 76.5 Å². The summed E-state index contributed by atoms with van der Waals surface area (Å²) >= 11 is 3.11. The summed E-state index contributed by atoms with van der Waals surface area (Å²) in [6.45, 7) is 0. The van der Waals surface area contributed by atoms with Crippen LogP contribution >= 0.6 is 15.9 Å². The second-order valence-electron chi connectivity index (χ2n) is 5.58. The highest BCUT2D eigenvalue weighted by atomic mass is 79.9. The Bertz CT molecular complexity index is 1030. The smallest absolute Gasteiger partial charge is 0.416 e. The van der Waals surface area contributed by atoms with Gasteiger partial charge in [0.2, 0.25) is 0 Å². The molecule has 1 aromatic heterocycles. The lowest BCUT2D eigenvalue weighted by Gasteiger charge is -2.14. The Morgan fingerprint density at radius 1 is 1.07 bits per heavy atom. The number of para-hydroxylation sites is 2. The molecule has 3 aromatic rings. The van der Waals surface area contributed by atoms with Crippen molar-refractivity contribution in [3.63, 3.8) is 0 Å². The molecule has 3 rings (SSSR count). The average Bonchev–Trinajstić information content (AvgIpc) is 2.65. The van der Waals surface area contributed by atoms with Crippen molar-refractivity contribution in [2.24, 2.45) is 0 Å². The van der Waals surface area contributed by atoms with E-state index in [9.17, 15) is 23.1 Å². The summed E-state index contributed by atoms with van der Waals surface area (Å²) in [5.41, 5.74) is -0.871. The molecule has 0 bridgehead atoms. The van der Waals surface area contributed by atoms with Gasteiger partial charge in [0.05, 0.1) is 11.3 Å². The number of ether oxygens (including phenoxy) is 1. The molecule has 0 saturated carbocycles. The molecule has 1 heterocycles. The van der Waals surface area contributed by atoms with Crippen LogP contribution in [0.25, 0.3) is 0 Å². The summed E-state index contributed by atoms with van der Waals surface area (Å²) in [5.74, 6) is -0.944. The predicted octanol–water partition coefficient (Wildman–Crippen LogP) is 5.61. The van der Waals surface area contributed by atoms with Crippen LogP contribution in [0.5, 0.6) is 17.2 Å². The van der Waals surface area contributed by atoms with Gasteiger partial charge in [-0.3, -0.25) is 4.79 Å². The normalized spacial score (nSPS) is 11.1. The van der Waals surface area contributed by atoms with Gasteiger partial charge in [0.25, 0.3) is 5.91 Å². The van der Waals surface area contributed by atoms with E-state index in [1.807, 2.05) is 0 Å². The molecule has 0 radical (unpaired) electrons. The molecule has 0 fully saturated rings. The monoisotopic (exact) mass is 452 g/mol. The number of carbonyl (C=O) groups is 1. The number of amides is 1. The maximum absolute atomic E-state index is 12.9. The molecule has 1 amide bonds. The van der Waals surface area contributed by atoms with Crippen LogP contribution in [0.2, 0.25) is 0 Å². The quantitative estimate of drug-likeness (QED) is 0.504. The molecule has 2 aromatic carbocycles. The zero-order chi connectivity index (χ0) is 20.3. The zero-order valence-electron chi connectivity index (χ0n) is 14.0. The molecule has 0 aliphatic heterocycles. The Balaban J connectivity index is 1.86. The van der Waals surface area contributed by atoms with Gasteiger partial charge in [0.1, 0.15) is 16.1 Å².